The second-order valence-corrected chi connectivity index (χ2v) is 4.53. The number of hydrogen-bond acceptors (Lipinski definition) is 3. The number of ether oxygens (including phenoxy) is 1. The summed E-state index contributed by atoms with van der Waals surface area (Å²) in [5.74, 6) is -0.800. The van der Waals surface area contributed by atoms with E-state index < -0.39 is 5.97 Å². The maximum atomic E-state index is 11.4. The third kappa shape index (κ3) is 4.60. The number of methoxy groups -OCH3 is 1. The molecule has 0 radical (unpaired) electrons. The van der Waals surface area contributed by atoms with Gasteiger partial charge in [0.2, 0.25) is 0 Å². The van der Waals surface area contributed by atoms with Gasteiger partial charge in [-0.15, -0.1) is 0 Å². The number of amides is 2. The van der Waals surface area contributed by atoms with Crippen LogP contribution in [0.1, 0.15) is 25.7 Å². The standard InChI is InChI=1S/C11H20N2O4/c1-17-6-5-12-10(16)13-8-11(3-2-4-11)7-9(14)15/h2-8H2,1H3,(H,14,15)(H2,12,13,16). The molecular formula is C11H20N2O4. The summed E-state index contributed by atoms with van der Waals surface area (Å²) < 4.78 is 4.80. The van der Waals surface area contributed by atoms with Crippen molar-refractivity contribution in [3.63, 3.8) is 0 Å². The topological polar surface area (TPSA) is 87.7 Å². The fourth-order valence-electron chi connectivity index (χ4n) is 2.01. The minimum Gasteiger partial charge on any atom is -0.481 e. The van der Waals surface area contributed by atoms with Gasteiger partial charge in [0.05, 0.1) is 13.0 Å². The first kappa shape index (κ1) is 13.8. The van der Waals surface area contributed by atoms with Gasteiger partial charge in [-0.25, -0.2) is 4.79 Å². The number of nitrogens with one attached hydrogen (secondary N) is 2. The summed E-state index contributed by atoms with van der Waals surface area (Å²) in [5.41, 5.74) is -0.232. The van der Waals surface area contributed by atoms with Gasteiger partial charge in [0.25, 0.3) is 0 Å². The normalized spacial score (nSPS) is 17.0. The summed E-state index contributed by atoms with van der Waals surface area (Å²) in [5, 5.41) is 14.2. The molecular weight excluding hydrogens is 224 g/mol. The van der Waals surface area contributed by atoms with Gasteiger partial charge in [-0.1, -0.05) is 6.42 Å². The smallest absolute Gasteiger partial charge is 0.314 e. The summed E-state index contributed by atoms with van der Waals surface area (Å²) >= 11 is 0. The molecule has 0 aromatic heterocycles. The van der Waals surface area contributed by atoms with Crippen LogP contribution in [0.5, 0.6) is 0 Å². The summed E-state index contributed by atoms with van der Waals surface area (Å²) in [7, 11) is 1.57. The van der Waals surface area contributed by atoms with Crippen molar-refractivity contribution in [2.24, 2.45) is 5.41 Å². The lowest BCUT2D eigenvalue weighted by Crippen LogP contribution is -2.47. The fourth-order valence-corrected chi connectivity index (χ4v) is 2.01. The van der Waals surface area contributed by atoms with Crippen molar-refractivity contribution in [2.75, 3.05) is 26.8 Å². The van der Waals surface area contributed by atoms with E-state index in [4.69, 9.17) is 9.84 Å². The van der Waals surface area contributed by atoms with Crippen LogP contribution in [0.25, 0.3) is 0 Å². The molecule has 1 aliphatic carbocycles. The van der Waals surface area contributed by atoms with Gasteiger partial charge in [0.15, 0.2) is 0 Å². The number of carbonyl (C=O) groups is 2. The fraction of sp³-hybridized carbons (Fsp3) is 0.818. The SMILES string of the molecule is COCCNC(=O)NCC1(CC(=O)O)CCC1. The highest BCUT2D eigenvalue weighted by molar-refractivity contribution is 5.74. The molecule has 0 aromatic rings. The largest absolute Gasteiger partial charge is 0.481 e. The third-order valence-corrected chi connectivity index (χ3v) is 3.16. The van der Waals surface area contributed by atoms with E-state index in [-0.39, 0.29) is 17.9 Å². The van der Waals surface area contributed by atoms with Crippen molar-refractivity contribution in [2.45, 2.75) is 25.7 Å². The lowest BCUT2D eigenvalue weighted by molar-refractivity contribution is -0.141. The lowest BCUT2D eigenvalue weighted by Gasteiger charge is -2.40. The van der Waals surface area contributed by atoms with Crippen molar-refractivity contribution in [3.8, 4) is 0 Å². The molecule has 1 rings (SSSR count). The molecule has 0 aliphatic heterocycles. The summed E-state index contributed by atoms with van der Waals surface area (Å²) in [4.78, 5) is 22.1. The van der Waals surface area contributed by atoms with Crippen LogP contribution in [-0.4, -0.2) is 43.9 Å². The minimum atomic E-state index is -0.800. The summed E-state index contributed by atoms with van der Waals surface area (Å²) in [6.45, 7) is 1.35. The van der Waals surface area contributed by atoms with Crippen LogP contribution < -0.4 is 10.6 Å². The van der Waals surface area contributed by atoms with Crippen molar-refractivity contribution >= 4 is 12.0 Å². The molecule has 0 spiro atoms. The number of carboxylic acids is 1. The number of rotatable bonds is 7. The van der Waals surface area contributed by atoms with E-state index in [2.05, 4.69) is 10.6 Å². The molecule has 0 aromatic carbocycles. The van der Waals surface area contributed by atoms with Crippen LogP contribution in [0.2, 0.25) is 0 Å². The Kier molecular flexibility index (Phi) is 5.21. The Balaban J connectivity index is 2.23. The van der Waals surface area contributed by atoms with E-state index >= 15 is 0 Å². The van der Waals surface area contributed by atoms with E-state index in [1.165, 1.54) is 0 Å². The van der Waals surface area contributed by atoms with Crippen LogP contribution in [0.3, 0.4) is 0 Å². The molecule has 2 amide bonds. The van der Waals surface area contributed by atoms with Gasteiger partial charge < -0.3 is 20.5 Å². The Morgan fingerprint density at radius 1 is 1.35 bits per heavy atom. The monoisotopic (exact) mass is 244 g/mol. The molecule has 17 heavy (non-hydrogen) atoms. The maximum Gasteiger partial charge on any atom is 0.314 e. The van der Waals surface area contributed by atoms with E-state index in [0.717, 1.165) is 19.3 Å². The predicted octanol–water partition coefficient (Wildman–Crippen LogP) is 0.577. The highest BCUT2D eigenvalue weighted by Gasteiger charge is 2.39. The van der Waals surface area contributed by atoms with Crippen LogP contribution >= 0.6 is 0 Å². The molecule has 3 N–H and O–H groups in total. The Labute approximate surface area is 101 Å². The predicted molar refractivity (Wildman–Crippen MR) is 61.8 cm³/mol. The Bertz CT molecular complexity index is 277. The minimum absolute atomic E-state index is 0.130. The van der Waals surface area contributed by atoms with Gasteiger partial charge >= 0.3 is 12.0 Å². The Morgan fingerprint density at radius 2 is 2.06 bits per heavy atom. The van der Waals surface area contributed by atoms with Crippen molar-refractivity contribution in [1.29, 1.82) is 0 Å². The molecule has 1 fully saturated rings. The lowest BCUT2D eigenvalue weighted by atomic mass is 9.66. The zero-order valence-electron chi connectivity index (χ0n) is 10.1. The molecule has 0 unspecified atom stereocenters. The highest BCUT2D eigenvalue weighted by atomic mass is 16.5. The van der Waals surface area contributed by atoms with Crippen LogP contribution in [0.15, 0.2) is 0 Å². The van der Waals surface area contributed by atoms with Gasteiger partial charge in [-0.2, -0.15) is 0 Å². The number of hydrogen-bond donors (Lipinski definition) is 3. The van der Waals surface area contributed by atoms with Gasteiger partial charge in [-0.05, 0) is 18.3 Å². The molecule has 6 heteroatoms. The second kappa shape index (κ2) is 6.44. The van der Waals surface area contributed by atoms with E-state index in [0.29, 0.717) is 19.7 Å². The zero-order valence-corrected chi connectivity index (χ0v) is 10.1. The molecule has 0 saturated heterocycles. The van der Waals surface area contributed by atoms with Crippen LogP contribution in [-0.2, 0) is 9.53 Å². The first-order valence-electron chi connectivity index (χ1n) is 5.80. The first-order chi connectivity index (χ1) is 8.08. The van der Waals surface area contributed by atoms with Gasteiger partial charge in [0.1, 0.15) is 0 Å². The van der Waals surface area contributed by atoms with Crippen LogP contribution in [0, 0.1) is 5.41 Å². The van der Waals surface area contributed by atoms with Crippen molar-refractivity contribution in [3.05, 3.63) is 0 Å². The van der Waals surface area contributed by atoms with Crippen LogP contribution in [0.4, 0.5) is 4.79 Å². The average molecular weight is 244 g/mol. The highest BCUT2D eigenvalue weighted by Crippen LogP contribution is 2.43. The third-order valence-electron chi connectivity index (χ3n) is 3.16. The molecule has 0 atom stereocenters. The summed E-state index contributed by atoms with van der Waals surface area (Å²) in [6.07, 6.45) is 2.92. The first-order valence-corrected chi connectivity index (χ1v) is 5.80. The van der Waals surface area contributed by atoms with Crippen molar-refractivity contribution < 1.29 is 19.4 Å². The number of urea groups is 1. The molecule has 98 valence electrons. The molecule has 0 heterocycles. The van der Waals surface area contributed by atoms with Crippen molar-refractivity contribution in [1.82, 2.24) is 10.6 Å². The summed E-state index contributed by atoms with van der Waals surface area (Å²) in [6, 6.07) is -0.265. The van der Waals surface area contributed by atoms with E-state index in [9.17, 15) is 9.59 Å². The zero-order chi connectivity index (χ0) is 12.7. The average Bonchev–Trinajstić information content (AvgIpc) is 2.22. The molecule has 1 saturated carbocycles. The number of aliphatic carboxylic acids is 1. The molecule has 6 nitrogen and oxygen atoms in total. The van der Waals surface area contributed by atoms with Gasteiger partial charge in [0, 0.05) is 20.2 Å². The van der Waals surface area contributed by atoms with Gasteiger partial charge in [-0.3, -0.25) is 4.79 Å². The number of carbonyl (C=O) groups excluding carboxylic acids is 1. The molecule has 0 bridgehead atoms. The quantitative estimate of drug-likeness (QED) is 0.571. The maximum absolute atomic E-state index is 11.4. The van der Waals surface area contributed by atoms with E-state index in [1.54, 1.807) is 7.11 Å². The Hall–Kier alpha value is -1.30. The Morgan fingerprint density at radius 3 is 2.53 bits per heavy atom. The second-order valence-electron chi connectivity index (χ2n) is 4.53. The number of carboxylic acid groups (broad SMARTS) is 1. The molecule has 1 aliphatic rings. The van der Waals surface area contributed by atoms with E-state index in [1.807, 2.05) is 0 Å².